The molecule has 1 N–H and O–H groups in total. The van der Waals surface area contributed by atoms with Gasteiger partial charge in [-0.2, -0.15) is 4.31 Å². The lowest BCUT2D eigenvalue weighted by Gasteiger charge is -2.35. The Kier molecular flexibility index (Phi) is 8.37. The molecule has 0 unspecified atom stereocenters. The fourth-order valence-corrected chi connectivity index (χ4v) is 8.00. The highest BCUT2D eigenvalue weighted by atomic mass is 32.2. The average molecular weight is 551 g/mol. The lowest BCUT2D eigenvalue weighted by atomic mass is 9.93. The second kappa shape index (κ2) is 11.4. The fraction of sp³-hybridized carbons (Fsp3) is 0.267. The van der Waals surface area contributed by atoms with Gasteiger partial charge in [-0.25, -0.2) is 21.6 Å². The number of nitrogens with zero attached hydrogens (tertiary/aromatic N) is 1. The lowest BCUT2D eigenvalue weighted by molar-refractivity contribution is 0.450. The lowest BCUT2D eigenvalue weighted by Crippen LogP contribution is -2.44. The number of allylic oxidation sites excluding steroid dienone is 2. The third-order valence-electron chi connectivity index (χ3n) is 6.82. The maximum Gasteiger partial charge on any atom is 0.241 e. The maximum atomic E-state index is 14.2. The molecule has 0 radical (unpaired) electrons. The Labute approximate surface area is 226 Å². The molecule has 1 aliphatic carbocycles. The Hall–Kier alpha value is -3.04. The summed E-state index contributed by atoms with van der Waals surface area (Å²) in [6.45, 7) is 4.38. The van der Waals surface area contributed by atoms with Crippen molar-refractivity contribution in [2.24, 2.45) is 0 Å². The highest BCUT2D eigenvalue weighted by Crippen LogP contribution is 2.41. The van der Waals surface area contributed by atoms with Gasteiger partial charge >= 0.3 is 0 Å². The van der Waals surface area contributed by atoms with E-state index in [2.05, 4.69) is 18.6 Å². The third kappa shape index (κ3) is 5.54. The summed E-state index contributed by atoms with van der Waals surface area (Å²) >= 11 is 0. The molecule has 3 aromatic carbocycles. The Bertz CT molecular complexity index is 1530. The standard InChI is InChI=1S/C30H34N2O4S2/c1-24(2)27-17-9-8-16-26(27)22-31-37(33,34)29-19-11-10-18-28(29)30(20-12-5-13-21-30)38(35,36)32(3)23-25-14-6-4-7-15-25/h4,6-21,24,31H,5,22-23H2,1-3H3. The largest absolute Gasteiger partial charge is 0.241 e. The Morgan fingerprint density at radius 3 is 2.13 bits per heavy atom. The molecule has 200 valence electrons. The molecule has 0 saturated heterocycles. The van der Waals surface area contributed by atoms with E-state index in [0.717, 1.165) is 16.7 Å². The van der Waals surface area contributed by atoms with Gasteiger partial charge in [0.1, 0.15) is 4.75 Å². The second-order valence-electron chi connectivity index (χ2n) is 9.75. The van der Waals surface area contributed by atoms with E-state index in [9.17, 15) is 16.8 Å². The minimum absolute atomic E-state index is 0.0603. The predicted octanol–water partition coefficient (Wildman–Crippen LogP) is 5.46. The summed E-state index contributed by atoms with van der Waals surface area (Å²) in [5.41, 5.74) is 2.97. The molecule has 1 aliphatic rings. The Morgan fingerprint density at radius 2 is 1.45 bits per heavy atom. The van der Waals surface area contributed by atoms with Crippen LogP contribution in [0.4, 0.5) is 0 Å². The minimum Gasteiger partial charge on any atom is -0.211 e. The summed E-state index contributed by atoms with van der Waals surface area (Å²) in [7, 11) is -6.61. The van der Waals surface area contributed by atoms with Gasteiger partial charge in [0.15, 0.2) is 0 Å². The Morgan fingerprint density at radius 1 is 0.842 bits per heavy atom. The number of sulfonamides is 2. The molecule has 0 spiro atoms. The zero-order valence-electron chi connectivity index (χ0n) is 21.9. The zero-order chi connectivity index (χ0) is 27.4. The zero-order valence-corrected chi connectivity index (χ0v) is 23.5. The van der Waals surface area contributed by atoms with Crippen molar-refractivity contribution < 1.29 is 16.8 Å². The number of benzene rings is 3. The third-order valence-corrected chi connectivity index (χ3v) is 10.6. The van der Waals surface area contributed by atoms with Crippen LogP contribution in [0.5, 0.6) is 0 Å². The molecule has 4 rings (SSSR count). The van der Waals surface area contributed by atoms with Crippen LogP contribution in [0.3, 0.4) is 0 Å². The number of hydrogen-bond donors (Lipinski definition) is 1. The monoisotopic (exact) mass is 550 g/mol. The SMILES string of the molecule is CC(C)c1ccccc1CNS(=O)(=O)c1ccccc1C1(S(=O)(=O)N(C)Cc2ccccc2)C=CCC=C1. The first-order valence-corrected chi connectivity index (χ1v) is 15.5. The van der Waals surface area contributed by atoms with Crippen LogP contribution >= 0.6 is 0 Å². The van der Waals surface area contributed by atoms with Gasteiger partial charge in [-0.05, 0) is 35.1 Å². The average Bonchev–Trinajstić information content (AvgIpc) is 2.93. The minimum atomic E-state index is -4.08. The molecule has 6 nitrogen and oxygen atoms in total. The summed E-state index contributed by atoms with van der Waals surface area (Å²) < 4.78 is 58.2. The second-order valence-corrected chi connectivity index (χ2v) is 13.7. The molecule has 0 bridgehead atoms. The maximum absolute atomic E-state index is 14.2. The van der Waals surface area contributed by atoms with Crippen molar-refractivity contribution in [1.82, 2.24) is 9.03 Å². The summed E-state index contributed by atoms with van der Waals surface area (Å²) in [5.74, 6) is 0.231. The molecule has 3 aromatic rings. The van der Waals surface area contributed by atoms with E-state index in [-0.39, 0.29) is 29.5 Å². The van der Waals surface area contributed by atoms with Gasteiger partial charge in [-0.3, -0.25) is 0 Å². The van der Waals surface area contributed by atoms with Crippen molar-refractivity contribution in [1.29, 1.82) is 0 Å². The van der Waals surface area contributed by atoms with E-state index in [1.54, 1.807) is 42.5 Å². The van der Waals surface area contributed by atoms with E-state index in [4.69, 9.17) is 0 Å². The molecule has 8 heteroatoms. The van der Waals surface area contributed by atoms with E-state index < -0.39 is 24.8 Å². The van der Waals surface area contributed by atoms with Crippen molar-refractivity contribution in [3.63, 3.8) is 0 Å². The van der Waals surface area contributed by atoms with Crippen molar-refractivity contribution in [3.05, 3.63) is 125 Å². The normalized spacial score (nSPS) is 15.3. The first kappa shape index (κ1) is 28.0. The van der Waals surface area contributed by atoms with Crippen molar-refractivity contribution >= 4 is 20.0 Å². The van der Waals surface area contributed by atoms with Gasteiger partial charge in [0.05, 0.1) is 4.90 Å². The van der Waals surface area contributed by atoms with Gasteiger partial charge in [0.2, 0.25) is 20.0 Å². The highest BCUT2D eigenvalue weighted by Gasteiger charge is 2.47. The number of rotatable bonds is 10. The molecular formula is C30H34N2O4S2. The van der Waals surface area contributed by atoms with Crippen LogP contribution < -0.4 is 4.72 Å². The van der Waals surface area contributed by atoms with Crippen molar-refractivity contribution in [2.75, 3.05) is 7.05 Å². The van der Waals surface area contributed by atoms with Crippen molar-refractivity contribution in [3.8, 4) is 0 Å². The first-order chi connectivity index (χ1) is 18.1. The van der Waals surface area contributed by atoms with Gasteiger partial charge in [0, 0.05) is 25.7 Å². The summed E-state index contributed by atoms with van der Waals surface area (Å²) in [5, 5.41) is 0. The molecule has 0 amide bonds. The van der Waals surface area contributed by atoms with Crippen LogP contribution in [0, 0.1) is 0 Å². The van der Waals surface area contributed by atoms with Gasteiger partial charge in [-0.15, -0.1) is 0 Å². The fourth-order valence-electron chi connectivity index (χ4n) is 4.83. The predicted molar refractivity (Wildman–Crippen MR) is 152 cm³/mol. The smallest absolute Gasteiger partial charge is 0.211 e. The highest BCUT2D eigenvalue weighted by molar-refractivity contribution is 7.91. The van der Waals surface area contributed by atoms with Crippen LogP contribution in [-0.4, -0.2) is 28.2 Å². The Balaban J connectivity index is 1.75. The molecular weight excluding hydrogens is 516 g/mol. The van der Waals surface area contributed by atoms with Crippen LogP contribution in [-0.2, 0) is 37.9 Å². The van der Waals surface area contributed by atoms with E-state index in [1.807, 2.05) is 54.6 Å². The van der Waals surface area contributed by atoms with Crippen LogP contribution in [0.25, 0.3) is 0 Å². The quantitative estimate of drug-likeness (QED) is 0.340. The van der Waals surface area contributed by atoms with Gasteiger partial charge in [-0.1, -0.05) is 111 Å². The number of hydrogen-bond acceptors (Lipinski definition) is 4. The summed E-state index contributed by atoms with van der Waals surface area (Å²) in [6, 6.07) is 23.4. The molecule has 0 aliphatic heterocycles. The first-order valence-electron chi connectivity index (χ1n) is 12.6. The molecule has 0 heterocycles. The van der Waals surface area contributed by atoms with E-state index in [0.29, 0.717) is 6.42 Å². The van der Waals surface area contributed by atoms with Crippen LogP contribution in [0.15, 0.2) is 108 Å². The molecule has 38 heavy (non-hydrogen) atoms. The summed E-state index contributed by atoms with van der Waals surface area (Å²) in [6.07, 6.45) is 7.31. The molecule has 0 aromatic heterocycles. The topological polar surface area (TPSA) is 83.5 Å². The number of nitrogens with one attached hydrogen (secondary N) is 1. The van der Waals surface area contributed by atoms with E-state index >= 15 is 0 Å². The van der Waals surface area contributed by atoms with Crippen LogP contribution in [0.2, 0.25) is 0 Å². The van der Waals surface area contributed by atoms with Gasteiger partial charge in [0.25, 0.3) is 0 Å². The van der Waals surface area contributed by atoms with Crippen LogP contribution in [0.1, 0.15) is 48.4 Å². The molecule has 0 fully saturated rings. The summed E-state index contributed by atoms with van der Waals surface area (Å²) in [4.78, 5) is -0.0603. The molecule has 0 saturated carbocycles. The molecule has 0 atom stereocenters. The van der Waals surface area contributed by atoms with Gasteiger partial charge < -0.3 is 0 Å². The van der Waals surface area contributed by atoms with Crippen molar-refractivity contribution in [2.45, 2.75) is 48.9 Å². The van der Waals surface area contributed by atoms with E-state index in [1.165, 1.54) is 17.4 Å².